The van der Waals surface area contributed by atoms with Gasteiger partial charge in [-0.15, -0.1) is 0 Å². The number of hydrogen-bond donors (Lipinski definition) is 2. The van der Waals surface area contributed by atoms with Gasteiger partial charge in [0.15, 0.2) is 12.0 Å². The van der Waals surface area contributed by atoms with Crippen molar-refractivity contribution in [2.45, 2.75) is 44.4 Å². The van der Waals surface area contributed by atoms with Gasteiger partial charge in [-0.2, -0.15) is 17.7 Å². The van der Waals surface area contributed by atoms with E-state index in [2.05, 4.69) is 5.32 Å². The van der Waals surface area contributed by atoms with E-state index < -0.39 is 60.5 Å². The predicted molar refractivity (Wildman–Crippen MR) is 95.0 cm³/mol. The molecular formula is C19H19F4N2O5+. The van der Waals surface area contributed by atoms with E-state index in [1.165, 1.54) is 6.21 Å². The number of aliphatic carboxylic acids is 1. The fourth-order valence-electron chi connectivity index (χ4n) is 3.12. The zero-order valence-corrected chi connectivity index (χ0v) is 15.8. The smallest absolute Gasteiger partial charge is 0.420 e. The van der Waals surface area contributed by atoms with E-state index in [1.54, 1.807) is 6.92 Å². The molecule has 2 atom stereocenters. The van der Waals surface area contributed by atoms with Gasteiger partial charge in [-0.05, 0) is 23.8 Å². The van der Waals surface area contributed by atoms with Gasteiger partial charge in [0.1, 0.15) is 12.7 Å². The molecule has 2 N–H and O–H groups in total. The number of halogens is 4. The van der Waals surface area contributed by atoms with E-state index in [0.717, 1.165) is 22.8 Å². The summed E-state index contributed by atoms with van der Waals surface area (Å²) < 4.78 is 52.3. The zero-order valence-electron chi connectivity index (χ0n) is 15.8. The Labute approximate surface area is 168 Å². The number of nitrogens with one attached hydrogen (secondary N) is 1. The number of carboxylic acids is 1. The van der Waals surface area contributed by atoms with Crippen molar-refractivity contribution in [3.05, 3.63) is 34.9 Å². The van der Waals surface area contributed by atoms with Crippen LogP contribution in [0.2, 0.25) is 0 Å². The molecule has 0 saturated heterocycles. The molecule has 2 rings (SSSR count). The number of alkyl halides is 4. The van der Waals surface area contributed by atoms with Gasteiger partial charge in [-0.1, -0.05) is 6.92 Å². The summed E-state index contributed by atoms with van der Waals surface area (Å²) in [6.45, 7) is 0.0789. The minimum atomic E-state index is -4.57. The van der Waals surface area contributed by atoms with Crippen LogP contribution in [0.4, 0.5) is 17.6 Å². The number of nitrogens with zero attached hydrogens (tertiary/aromatic N) is 1. The Balaban J connectivity index is 2.26. The molecule has 1 aromatic carbocycles. The van der Waals surface area contributed by atoms with Crippen LogP contribution in [0.5, 0.6) is 0 Å². The lowest BCUT2D eigenvalue weighted by molar-refractivity contribution is -0.456. The van der Waals surface area contributed by atoms with Gasteiger partial charge in [-0.3, -0.25) is 14.4 Å². The Kier molecular flexibility index (Phi) is 7.06. The largest absolute Gasteiger partial charge is 0.481 e. The molecular weight excluding hydrogens is 412 g/mol. The number of carbonyl (C=O) groups excluding carboxylic acids is 3. The molecule has 1 aliphatic rings. The monoisotopic (exact) mass is 431 g/mol. The topological polar surface area (TPSA) is 104 Å². The molecule has 1 aliphatic heterocycles. The molecule has 0 saturated carbocycles. The molecule has 0 aromatic heterocycles. The fraction of sp³-hybridized carbons (Fsp3) is 0.421. The second-order valence-corrected chi connectivity index (χ2v) is 6.65. The molecule has 0 spiro atoms. The van der Waals surface area contributed by atoms with Crippen molar-refractivity contribution in [3.63, 3.8) is 0 Å². The Bertz CT molecular complexity index is 911. The molecule has 0 radical (unpaired) electrons. The molecule has 2 amide bonds. The molecule has 7 nitrogen and oxygen atoms in total. The van der Waals surface area contributed by atoms with Crippen molar-refractivity contribution in [2.75, 3.05) is 6.67 Å². The first kappa shape index (κ1) is 23.2. The fourth-order valence-corrected chi connectivity index (χ4v) is 3.12. The van der Waals surface area contributed by atoms with Crippen molar-refractivity contribution < 1.29 is 46.4 Å². The molecule has 30 heavy (non-hydrogen) atoms. The van der Waals surface area contributed by atoms with Crippen LogP contribution in [0.25, 0.3) is 0 Å². The summed E-state index contributed by atoms with van der Waals surface area (Å²) in [7, 11) is 0. The van der Waals surface area contributed by atoms with E-state index in [9.17, 15) is 36.7 Å². The third kappa shape index (κ3) is 5.08. The number of benzene rings is 1. The Hall–Kier alpha value is -3.11. The summed E-state index contributed by atoms with van der Waals surface area (Å²) in [4.78, 5) is 47.8. The van der Waals surface area contributed by atoms with Crippen LogP contribution in [-0.2, 0) is 27.0 Å². The number of rotatable bonds is 8. The molecule has 1 unspecified atom stereocenters. The first-order valence-electron chi connectivity index (χ1n) is 8.96. The number of hydrogen-bond acceptors (Lipinski definition) is 4. The maximum absolute atomic E-state index is 12.9. The van der Waals surface area contributed by atoms with Crippen molar-refractivity contribution in [2.24, 2.45) is 0 Å². The quantitative estimate of drug-likeness (QED) is 0.482. The van der Waals surface area contributed by atoms with Crippen molar-refractivity contribution in [1.29, 1.82) is 0 Å². The van der Waals surface area contributed by atoms with Crippen molar-refractivity contribution in [3.8, 4) is 0 Å². The average Bonchev–Trinajstić information content (AvgIpc) is 2.67. The van der Waals surface area contributed by atoms with Gasteiger partial charge >= 0.3 is 18.1 Å². The number of carbonyl (C=O) groups is 4. The van der Waals surface area contributed by atoms with Crippen LogP contribution >= 0.6 is 0 Å². The molecule has 11 heteroatoms. The minimum Gasteiger partial charge on any atom is -0.481 e. The lowest BCUT2D eigenvalue weighted by Crippen LogP contribution is -2.51. The molecule has 1 heterocycles. The van der Waals surface area contributed by atoms with Gasteiger partial charge in [0.05, 0.1) is 24.0 Å². The molecule has 162 valence electrons. The first-order chi connectivity index (χ1) is 14.0. The van der Waals surface area contributed by atoms with Gasteiger partial charge < -0.3 is 10.4 Å². The first-order valence-corrected chi connectivity index (χ1v) is 8.96. The van der Waals surface area contributed by atoms with Crippen LogP contribution in [-0.4, -0.2) is 58.2 Å². The van der Waals surface area contributed by atoms with E-state index in [4.69, 9.17) is 5.11 Å². The summed E-state index contributed by atoms with van der Waals surface area (Å²) in [5.41, 5.74) is -0.752. The van der Waals surface area contributed by atoms with Crippen molar-refractivity contribution >= 4 is 29.8 Å². The second-order valence-electron chi connectivity index (χ2n) is 6.65. The summed E-state index contributed by atoms with van der Waals surface area (Å²) >= 11 is 0. The third-order valence-electron chi connectivity index (χ3n) is 4.65. The maximum Gasteiger partial charge on any atom is 0.420 e. The highest BCUT2D eigenvalue weighted by Crippen LogP contribution is 2.31. The average molecular weight is 431 g/mol. The van der Waals surface area contributed by atoms with Gasteiger partial charge in [0.2, 0.25) is 6.04 Å². The standard InChI is InChI=1S/C19H18F4N2O5/c1-2-14(17(29)24-13(8-16(27)28)15(26)9-20)25-6-5-10-7-11(19(21,22)23)3-4-12(10)18(25)30/h3-4,6-7,13-14H,2,5,8-9H2,1H3,(H-,24,27,28,29)/p+1/t13?,14-/m0/s1. The summed E-state index contributed by atoms with van der Waals surface area (Å²) in [5.74, 6) is -4.13. The van der Waals surface area contributed by atoms with E-state index in [1.807, 2.05) is 0 Å². The molecule has 1 aromatic rings. The maximum atomic E-state index is 12.9. The number of amides is 2. The van der Waals surface area contributed by atoms with Gasteiger partial charge in [0, 0.05) is 6.42 Å². The SMILES string of the molecule is CC[C@@H](C(=O)NC(CC(=O)O)C(=O)CF)[N+]1=CCc2cc(C(F)(F)F)ccc2C1=O. The normalized spacial score (nSPS) is 15.6. The van der Waals surface area contributed by atoms with E-state index in [-0.39, 0.29) is 24.0 Å². The van der Waals surface area contributed by atoms with Crippen LogP contribution in [0.1, 0.15) is 41.3 Å². The highest BCUT2D eigenvalue weighted by Gasteiger charge is 2.40. The zero-order chi connectivity index (χ0) is 22.6. The number of Topliss-reactive ketones (excluding diaryl/α,β-unsaturated/α-hetero) is 1. The lowest BCUT2D eigenvalue weighted by Gasteiger charge is -2.20. The van der Waals surface area contributed by atoms with Crippen LogP contribution < -0.4 is 5.32 Å². The van der Waals surface area contributed by atoms with Crippen LogP contribution in [0.15, 0.2) is 18.2 Å². The number of carboxylic acid groups (broad SMARTS) is 1. The predicted octanol–water partition coefficient (Wildman–Crippen LogP) is 1.76. The Morgan fingerprint density at radius 3 is 2.47 bits per heavy atom. The summed E-state index contributed by atoms with van der Waals surface area (Å²) in [5, 5.41) is 11.0. The third-order valence-corrected chi connectivity index (χ3v) is 4.65. The van der Waals surface area contributed by atoms with Gasteiger partial charge in [0.25, 0.3) is 5.91 Å². The van der Waals surface area contributed by atoms with Crippen molar-refractivity contribution in [1.82, 2.24) is 5.32 Å². The van der Waals surface area contributed by atoms with E-state index in [0.29, 0.717) is 0 Å². The van der Waals surface area contributed by atoms with Crippen LogP contribution in [0.3, 0.4) is 0 Å². The molecule has 0 bridgehead atoms. The second kappa shape index (κ2) is 9.14. The van der Waals surface area contributed by atoms with E-state index >= 15 is 0 Å². The lowest BCUT2D eigenvalue weighted by atomic mass is 9.97. The summed E-state index contributed by atoms with van der Waals surface area (Å²) in [6.07, 6.45) is -4.11. The number of fused-ring (bicyclic) bond motifs is 1. The molecule has 0 aliphatic carbocycles. The Morgan fingerprint density at radius 2 is 1.93 bits per heavy atom. The summed E-state index contributed by atoms with van der Waals surface area (Å²) in [6, 6.07) is -0.0906. The number of ketones is 1. The van der Waals surface area contributed by atoms with Gasteiger partial charge in [-0.25, -0.2) is 9.18 Å². The highest BCUT2D eigenvalue weighted by molar-refractivity contribution is 5.98. The molecule has 0 fully saturated rings. The van der Waals surface area contributed by atoms with Crippen LogP contribution in [0, 0.1) is 0 Å². The minimum absolute atomic E-state index is 0.00123. The highest BCUT2D eigenvalue weighted by atomic mass is 19.4. The Morgan fingerprint density at radius 1 is 1.27 bits per heavy atom.